The zero-order valence-corrected chi connectivity index (χ0v) is 8.38. The summed E-state index contributed by atoms with van der Waals surface area (Å²) in [5.74, 6) is -0.406. The molecule has 0 aliphatic heterocycles. The van der Waals surface area contributed by atoms with Gasteiger partial charge in [0, 0.05) is 22.4 Å². The molecule has 0 aliphatic carbocycles. The van der Waals surface area contributed by atoms with Gasteiger partial charge in [0.15, 0.2) is 0 Å². The highest BCUT2D eigenvalue weighted by atomic mass is 35.5. The van der Waals surface area contributed by atoms with Gasteiger partial charge in [-0.15, -0.1) is 0 Å². The lowest BCUT2D eigenvalue weighted by molar-refractivity contribution is -0.385. The quantitative estimate of drug-likeness (QED) is 0.452. The average molecular weight is 235 g/mol. The number of nitro benzene ring substituents is 1. The second-order valence-corrected chi connectivity index (χ2v) is 3.81. The van der Waals surface area contributed by atoms with Crippen molar-refractivity contribution in [1.29, 1.82) is 0 Å². The Bertz CT molecular complexity index is 395. The van der Waals surface area contributed by atoms with Gasteiger partial charge in [-0.1, -0.05) is 22.7 Å². The molecular weight excluding hydrogens is 230 g/mol. The molecule has 1 aromatic rings. The number of nitro groups is 1. The van der Waals surface area contributed by atoms with Crippen molar-refractivity contribution in [1.82, 2.24) is 0 Å². The Hall–Kier alpha value is -0.980. The van der Waals surface area contributed by atoms with Gasteiger partial charge in [0.1, 0.15) is 0 Å². The molecule has 1 atom stereocenters. The third-order valence-corrected chi connectivity index (χ3v) is 2.29. The van der Waals surface area contributed by atoms with Crippen molar-refractivity contribution < 1.29 is 13.7 Å². The molecule has 1 unspecified atom stereocenters. The summed E-state index contributed by atoms with van der Waals surface area (Å²) in [4.78, 5) is 9.84. The van der Waals surface area contributed by atoms with E-state index >= 15 is 0 Å². The van der Waals surface area contributed by atoms with Crippen molar-refractivity contribution in [2.24, 2.45) is 0 Å². The van der Waals surface area contributed by atoms with E-state index in [4.69, 9.17) is 11.6 Å². The van der Waals surface area contributed by atoms with Crippen LogP contribution in [0.5, 0.6) is 0 Å². The Labute approximate surface area is 87.1 Å². The monoisotopic (exact) mass is 234 g/mol. The summed E-state index contributed by atoms with van der Waals surface area (Å²) < 4.78 is 20.8. The number of halogens is 1. The summed E-state index contributed by atoms with van der Waals surface area (Å²) in [6.07, 6.45) is 0. The maximum absolute atomic E-state index is 10.5. The van der Waals surface area contributed by atoms with Crippen molar-refractivity contribution in [3.05, 3.63) is 38.9 Å². The van der Waals surface area contributed by atoms with E-state index in [0.717, 1.165) is 0 Å². The Morgan fingerprint density at radius 1 is 1.50 bits per heavy atom. The summed E-state index contributed by atoms with van der Waals surface area (Å²) in [6.45, 7) is 0. The fraction of sp³-hybridized carbons (Fsp3) is 0.143. The van der Waals surface area contributed by atoms with Gasteiger partial charge in [-0.05, 0) is 12.1 Å². The molecule has 0 aliphatic rings. The van der Waals surface area contributed by atoms with Gasteiger partial charge in [0.05, 0.1) is 4.92 Å². The molecule has 0 radical (unpaired) electrons. The van der Waals surface area contributed by atoms with Crippen LogP contribution in [0.15, 0.2) is 18.2 Å². The Kier molecular flexibility index (Phi) is 3.56. The lowest BCUT2D eigenvalue weighted by Gasteiger charge is -2.05. The molecular formula is C7H5ClNO4S-. The van der Waals surface area contributed by atoms with Gasteiger partial charge in [0.25, 0.3) is 5.69 Å². The number of hydrogen-bond donors (Lipinski definition) is 0. The Morgan fingerprint density at radius 2 is 2.14 bits per heavy atom. The summed E-state index contributed by atoms with van der Waals surface area (Å²) in [7, 11) is 0. The molecule has 0 bridgehead atoms. The first kappa shape index (κ1) is 11.1. The van der Waals surface area contributed by atoms with Gasteiger partial charge >= 0.3 is 0 Å². The topological polar surface area (TPSA) is 83.3 Å². The van der Waals surface area contributed by atoms with Crippen LogP contribution in [0.4, 0.5) is 5.69 Å². The molecule has 0 fully saturated rings. The average Bonchev–Trinajstić information content (AvgIpc) is 2.01. The molecule has 7 heteroatoms. The highest BCUT2D eigenvalue weighted by Gasteiger charge is 2.13. The zero-order valence-electron chi connectivity index (χ0n) is 6.81. The Balaban J connectivity index is 3.15. The molecule has 0 saturated carbocycles. The van der Waals surface area contributed by atoms with Crippen LogP contribution in [0.25, 0.3) is 0 Å². The third kappa shape index (κ3) is 2.76. The highest BCUT2D eigenvalue weighted by Crippen LogP contribution is 2.23. The molecule has 0 amide bonds. The molecule has 0 spiro atoms. The molecule has 1 rings (SSSR count). The minimum atomic E-state index is -2.36. The van der Waals surface area contributed by atoms with Gasteiger partial charge < -0.3 is 4.55 Å². The van der Waals surface area contributed by atoms with Crippen LogP contribution in [0.2, 0.25) is 5.02 Å². The van der Waals surface area contributed by atoms with E-state index in [1.165, 1.54) is 18.2 Å². The SMILES string of the molecule is O=[N+]([O-])c1ccc(Cl)cc1CS(=O)[O-]. The first-order valence-electron chi connectivity index (χ1n) is 3.49. The molecule has 0 saturated heterocycles. The van der Waals surface area contributed by atoms with Crippen molar-refractivity contribution in [3.8, 4) is 0 Å². The van der Waals surface area contributed by atoms with Crippen molar-refractivity contribution in [3.63, 3.8) is 0 Å². The molecule has 1 aromatic carbocycles. The molecule has 5 nitrogen and oxygen atoms in total. The smallest absolute Gasteiger partial charge is 0.273 e. The van der Waals surface area contributed by atoms with Crippen LogP contribution in [-0.2, 0) is 16.8 Å². The van der Waals surface area contributed by atoms with E-state index < -0.39 is 21.8 Å². The second kappa shape index (κ2) is 4.50. The number of rotatable bonds is 3. The van der Waals surface area contributed by atoms with Gasteiger partial charge in [-0.25, -0.2) is 0 Å². The van der Waals surface area contributed by atoms with Crippen LogP contribution in [-0.4, -0.2) is 13.7 Å². The standard InChI is InChI=1S/C7H6ClNO4S/c8-6-1-2-7(9(10)11)5(3-6)4-14(12)13/h1-3H,4H2,(H,12,13)/p-1. The van der Waals surface area contributed by atoms with Crippen LogP contribution < -0.4 is 0 Å². The summed E-state index contributed by atoms with van der Waals surface area (Å²) in [6, 6.07) is 3.80. The lowest BCUT2D eigenvalue weighted by atomic mass is 10.2. The van der Waals surface area contributed by atoms with Crippen molar-refractivity contribution in [2.45, 2.75) is 5.75 Å². The van der Waals surface area contributed by atoms with E-state index in [9.17, 15) is 18.9 Å². The summed E-state index contributed by atoms with van der Waals surface area (Å²) >= 11 is 3.22. The molecule has 0 heterocycles. The van der Waals surface area contributed by atoms with E-state index in [1.54, 1.807) is 0 Å². The largest absolute Gasteiger partial charge is 0.772 e. The zero-order chi connectivity index (χ0) is 10.7. The first-order valence-corrected chi connectivity index (χ1v) is 5.11. The van der Waals surface area contributed by atoms with E-state index in [-0.39, 0.29) is 16.3 Å². The van der Waals surface area contributed by atoms with E-state index in [2.05, 4.69) is 0 Å². The predicted molar refractivity (Wildman–Crippen MR) is 50.7 cm³/mol. The van der Waals surface area contributed by atoms with Gasteiger partial charge in [-0.3, -0.25) is 14.3 Å². The fourth-order valence-corrected chi connectivity index (χ4v) is 1.65. The van der Waals surface area contributed by atoms with Gasteiger partial charge in [-0.2, -0.15) is 0 Å². The normalized spacial score (nSPS) is 12.4. The minimum absolute atomic E-state index is 0.0934. The molecule has 14 heavy (non-hydrogen) atoms. The first-order chi connectivity index (χ1) is 6.50. The molecule has 76 valence electrons. The molecule has 0 N–H and O–H groups in total. The summed E-state index contributed by atoms with van der Waals surface area (Å²) in [5, 5.41) is 10.8. The van der Waals surface area contributed by atoms with E-state index in [0.29, 0.717) is 0 Å². The molecule has 0 aromatic heterocycles. The van der Waals surface area contributed by atoms with Crippen molar-refractivity contribution in [2.75, 3.05) is 0 Å². The van der Waals surface area contributed by atoms with Crippen LogP contribution in [0, 0.1) is 10.1 Å². The van der Waals surface area contributed by atoms with Crippen LogP contribution in [0.1, 0.15) is 5.56 Å². The summed E-state index contributed by atoms with van der Waals surface area (Å²) in [5.41, 5.74) is -0.144. The maximum Gasteiger partial charge on any atom is 0.273 e. The lowest BCUT2D eigenvalue weighted by Crippen LogP contribution is -1.99. The van der Waals surface area contributed by atoms with Crippen molar-refractivity contribution >= 4 is 28.4 Å². The number of nitrogens with zero attached hydrogens (tertiary/aromatic N) is 1. The second-order valence-electron chi connectivity index (χ2n) is 2.48. The predicted octanol–water partition coefficient (Wildman–Crippen LogP) is 1.63. The van der Waals surface area contributed by atoms with Gasteiger partial charge in [0.2, 0.25) is 0 Å². The Morgan fingerprint density at radius 3 is 2.64 bits per heavy atom. The number of hydrogen-bond acceptors (Lipinski definition) is 4. The van der Waals surface area contributed by atoms with Crippen LogP contribution >= 0.6 is 11.6 Å². The van der Waals surface area contributed by atoms with Crippen LogP contribution in [0.3, 0.4) is 0 Å². The fourth-order valence-electron chi connectivity index (χ4n) is 0.975. The number of benzene rings is 1. The third-order valence-electron chi connectivity index (χ3n) is 1.51. The minimum Gasteiger partial charge on any atom is -0.772 e. The highest BCUT2D eigenvalue weighted by molar-refractivity contribution is 7.78. The maximum atomic E-state index is 10.5. The van der Waals surface area contributed by atoms with E-state index in [1.807, 2.05) is 0 Å².